The van der Waals surface area contributed by atoms with Crippen LogP contribution in [0.2, 0.25) is 0 Å². The lowest BCUT2D eigenvalue weighted by molar-refractivity contribution is -0.118. The van der Waals surface area contributed by atoms with Gasteiger partial charge >= 0.3 is 6.09 Å². The fourth-order valence-electron chi connectivity index (χ4n) is 2.60. The maximum absolute atomic E-state index is 12.2. The van der Waals surface area contributed by atoms with Crippen molar-refractivity contribution in [2.75, 3.05) is 5.32 Å². The fraction of sp³-hybridized carbons (Fsp3) is 0.263. The monoisotopic (exact) mass is 369 g/mol. The first-order valence-electron chi connectivity index (χ1n) is 8.38. The maximum atomic E-state index is 12.2. The van der Waals surface area contributed by atoms with Crippen molar-refractivity contribution in [2.24, 2.45) is 13.0 Å². The number of hydrogen-bond acceptors (Lipinski definition) is 4. The van der Waals surface area contributed by atoms with Gasteiger partial charge < -0.3 is 15.7 Å². The lowest BCUT2D eigenvalue weighted by Gasteiger charge is -2.16. The van der Waals surface area contributed by atoms with E-state index in [1.54, 1.807) is 49.4 Å². The van der Waals surface area contributed by atoms with Gasteiger partial charge in [0.05, 0.1) is 29.5 Å². The molecule has 0 bridgehead atoms. The second kappa shape index (κ2) is 8.79. The number of hydrogen-bond donors (Lipinski definition) is 3. The Labute approximate surface area is 157 Å². The van der Waals surface area contributed by atoms with Gasteiger partial charge in [-0.25, -0.2) is 4.79 Å². The number of aryl methyl sites for hydroxylation is 1. The molecule has 0 unspecified atom stereocenters. The molecule has 0 fully saturated rings. The smallest absolute Gasteiger partial charge is 0.405 e. The number of rotatable bonds is 8. The SMILES string of the molecule is C=CC[C@H](NC(=O)O)c1cncc(-c2c(NC(=O)[C@H](C)C=C)cnn2C)c1. The average molecular weight is 369 g/mol. The van der Waals surface area contributed by atoms with Crippen molar-refractivity contribution >= 4 is 17.7 Å². The van der Waals surface area contributed by atoms with Gasteiger partial charge in [0, 0.05) is 25.0 Å². The molecule has 0 radical (unpaired) electrons. The summed E-state index contributed by atoms with van der Waals surface area (Å²) < 4.78 is 1.63. The van der Waals surface area contributed by atoms with E-state index in [0.29, 0.717) is 28.9 Å². The van der Waals surface area contributed by atoms with Gasteiger partial charge in [-0.05, 0) is 18.1 Å². The van der Waals surface area contributed by atoms with Gasteiger partial charge in [0.1, 0.15) is 0 Å². The van der Waals surface area contributed by atoms with E-state index in [9.17, 15) is 9.59 Å². The molecule has 0 saturated carbocycles. The van der Waals surface area contributed by atoms with E-state index in [-0.39, 0.29) is 11.8 Å². The van der Waals surface area contributed by atoms with Crippen LogP contribution in [0.5, 0.6) is 0 Å². The predicted octanol–water partition coefficient (Wildman–Crippen LogP) is 3.13. The number of carbonyl (C=O) groups is 2. The van der Waals surface area contributed by atoms with Gasteiger partial charge in [-0.3, -0.25) is 14.5 Å². The summed E-state index contributed by atoms with van der Waals surface area (Å²) in [5.41, 5.74) is 2.60. The fourth-order valence-corrected chi connectivity index (χ4v) is 2.60. The highest BCUT2D eigenvalue weighted by atomic mass is 16.4. The van der Waals surface area contributed by atoms with Crippen molar-refractivity contribution in [2.45, 2.75) is 19.4 Å². The number of carbonyl (C=O) groups excluding carboxylic acids is 1. The average Bonchev–Trinajstić information content (AvgIpc) is 3.00. The van der Waals surface area contributed by atoms with Crippen LogP contribution in [0.4, 0.5) is 10.5 Å². The molecule has 142 valence electrons. The zero-order valence-electron chi connectivity index (χ0n) is 15.3. The molecule has 3 N–H and O–H groups in total. The van der Waals surface area contributed by atoms with Gasteiger partial charge in [0.15, 0.2) is 0 Å². The summed E-state index contributed by atoms with van der Waals surface area (Å²) in [6.45, 7) is 9.04. The lowest BCUT2D eigenvalue weighted by Crippen LogP contribution is -2.26. The Morgan fingerprint density at radius 1 is 1.33 bits per heavy atom. The molecule has 0 aliphatic heterocycles. The minimum absolute atomic E-state index is 0.194. The van der Waals surface area contributed by atoms with Crippen molar-refractivity contribution in [3.05, 3.63) is 55.5 Å². The summed E-state index contributed by atoms with van der Waals surface area (Å²) in [4.78, 5) is 27.5. The Morgan fingerprint density at radius 2 is 2.07 bits per heavy atom. The third kappa shape index (κ3) is 4.81. The standard InChI is InChI=1S/C19H23N5O3/c1-5-7-15(23-19(26)27)13-8-14(10-20-9-13)17-16(11-21-24(17)4)22-18(25)12(3)6-2/h5-6,8-12,15,23H,1-2,7H2,3-4H3,(H,22,25)(H,26,27)/t12-,15+/m1/s1. The number of nitrogens with one attached hydrogen (secondary N) is 2. The number of anilines is 1. The molecule has 2 aromatic heterocycles. The zero-order chi connectivity index (χ0) is 20.0. The molecule has 27 heavy (non-hydrogen) atoms. The highest BCUT2D eigenvalue weighted by Crippen LogP contribution is 2.29. The van der Waals surface area contributed by atoms with Crippen LogP contribution in [0.3, 0.4) is 0 Å². The van der Waals surface area contributed by atoms with Crippen LogP contribution in [0.1, 0.15) is 24.9 Å². The molecule has 2 atom stereocenters. The van der Waals surface area contributed by atoms with Crippen molar-refractivity contribution in [1.82, 2.24) is 20.1 Å². The maximum Gasteiger partial charge on any atom is 0.405 e. The predicted molar refractivity (Wildman–Crippen MR) is 103 cm³/mol. The summed E-state index contributed by atoms with van der Waals surface area (Å²) in [7, 11) is 1.76. The van der Waals surface area contributed by atoms with E-state index in [1.807, 2.05) is 6.07 Å². The molecule has 0 aromatic carbocycles. The Balaban J connectivity index is 2.40. The molecule has 2 amide bonds. The Bertz CT molecular complexity index is 859. The summed E-state index contributed by atoms with van der Waals surface area (Å²) in [5.74, 6) is -0.542. The molecular formula is C19H23N5O3. The Morgan fingerprint density at radius 3 is 2.70 bits per heavy atom. The zero-order valence-corrected chi connectivity index (χ0v) is 15.3. The lowest BCUT2D eigenvalue weighted by atomic mass is 10.0. The van der Waals surface area contributed by atoms with Gasteiger partial charge in [0.25, 0.3) is 0 Å². The first-order valence-corrected chi connectivity index (χ1v) is 8.38. The number of amides is 2. The third-order valence-corrected chi connectivity index (χ3v) is 4.10. The second-order valence-electron chi connectivity index (χ2n) is 6.08. The molecule has 0 aliphatic rings. The van der Waals surface area contributed by atoms with Crippen molar-refractivity contribution in [1.29, 1.82) is 0 Å². The summed E-state index contributed by atoms with van der Waals surface area (Å²) in [6, 6.07) is 1.35. The van der Waals surface area contributed by atoms with E-state index < -0.39 is 12.1 Å². The largest absolute Gasteiger partial charge is 0.465 e. The van der Waals surface area contributed by atoms with E-state index in [4.69, 9.17) is 5.11 Å². The minimum Gasteiger partial charge on any atom is -0.465 e. The Kier molecular flexibility index (Phi) is 6.48. The van der Waals surface area contributed by atoms with Crippen LogP contribution >= 0.6 is 0 Å². The Hall–Kier alpha value is -3.42. The molecule has 8 heteroatoms. The molecule has 0 spiro atoms. The molecule has 2 rings (SSSR count). The highest BCUT2D eigenvalue weighted by Gasteiger charge is 2.19. The van der Waals surface area contributed by atoms with Crippen LogP contribution in [0.25, 0.3) is 11.3 Å². The number of pyridine rings is 1. The number of aromatic nitrogens is 3. The highest BCUT2D eigenvalue weighted by molar-refractivity contribution is 5.96. The molecule has 2 aromatic rings. The second-order valence-corrected chi connectivity index (χ2v) is 6.08. The molecular weight excluding hydrogens is 346 g/mol. The van der Waals surface area contributed by atoms with Crippen LogP contribution in [-0.2, 0) is 11.8 Å². The van der Waals surface area contributed by atoms with E-state index >= 15 is 0 Å². The number of carboxylic acid groups (broad SMARTS) is 1. The first-order chi connectivity index (χ1) is 12.9. The van der Waals surface area contributed by atoms with Gasteiger partial charge in [0.2, 0.25) is 5.91 Å². The van der Waals surface area contributed by atoms with Gasteiger partial charge in [-0.1, -0.05) is 19.1 Å². The summed E-state index contributed by atoms with van der Waals surface area (Å²) >= 11 is 0. The van der Waals surface area contributed by atoms with Crippen molar-refractivity contribution in [3.63, 3.8) is 0 Å². The van der Waals surface area contributed by atoms with Crippen molar-refractivity contribution < 1.29 is 14.7 Å². The normalized spacial score (nSPS) is 12.7. The minimum atomic E-state index is -1.13. The quantitative estimate of drug-likeness (QED) is 0.619. The topological polar surface area (TPSA) is 109 Å². The molecule has 8 nitrogen and oxygen atoms in total. The molecule has 0 aliphatic carbocycles. The van der Waals surface area contributed by atoms with Crippen LogP contribution < -0.4 is 10.6 Å². The first kappa shape index (κ1) is 19.9. The van der Waals surface area contributed by atoms with E-state index in [2.05, 4.69) is 33.9 Å². The summed E-state index contributed by atoms with van der Waals surface area (Å²) in [5, 5.41) is 18.6. The van der Waals surface area contributed by atoms with Crippen LogP contribution in [0, 0.1) is 5.92 Å². The summed E-state index contributed by atoms with van der Waals surface area (Å²) in [6.07, 6.45) is 7.29. The van der Waals surface area contributed by atoms with Gasteiger partial charge in [-0.15, -0.1) is 13.2 Å². The molecule has 2 heterocycles. The van der Waals surface area contributed by atoms with Crippen LogP contribution in [-0.4, -0.2) is 31.9 Å². The van der Waals surface area contributed by atoms with E-state index in [0.717, 1.165) is 0 Å². The third-order valence-electron chi connectivity index (χ3n) is 4.10. The molecule has 0 saturated heterocycles. The van der Waals surface area contributed by atoms with Crippen LogP contribution in [0.15, 0.2) is 50.0 Å². The van der Waals surface area contributed by atoms with Crippen molar-refractivity contribution in [3.8, 4) is 11.3 Å². The number of nitrogens with zero attached hydrogens (tertiary/aromatic N) is 3. The van der Waals surface area contributed by atoms with Gasteiger partial charge in [-0.2, -0.15) is 5.10 Å². The van der Waals surface area contributed by atoms with E-state index in [1.165, 1.54) is 0 Å².